The van der Waals surface area contributed by atoms with Gasteiger partial charge in [0.15, 0.2) is 0 Å². The molecule has 0 atom stereocenters. The zero-order valence-corrected chi connectivity index (χ0v) is 10.0. The highest BCUT2D eigenvalue weighted by molar-refractivity contribution is 9.09. The minimum atomic E-state index is -0.365. The van der Waals surface area contributed by atoms with Crippen LogP contribution in [0.25, 0.3) is 0 Å². The van der Waals surface area contributed by atoms with Gasteiger partial charge in [0.25, 0.3) is 0 Å². The van der Waals surface area contributed by atoms with E-state index >= 15 is 0 Å². The molecule has 0 heterocycles. The first-order valence-corrected chi connectivity index (χ1v) is 5.94. The van der Waals surface area contributed by atoms with Crippen LogP contribution in [0.1, 0.15) is 12.0 Å². The lowest BCUT2D eigenvalue weighted by molar-refractivity contribution is 0.625. The van der Waals surface area contributed by atoms with Crippen molar-refractivity contribution in [3.05, 3.63) is 34.6 Å². The maximum atomic E-state index is 12.8. The van der Waals surface area contributed by atoms with E-state index in [-0.39, 0.29) is 10.8 Å². The van der Waals surface area contributed by atoms with Crippen LogP contribution in [0, 0.1) is 5.82 Å². The Hall–Kier alpha value is -0.120. The zero-order chi connectivity index (χ0) is 10.4. The van der Waals surface area contributed by atoms with Crippen molar-refractivity contribution < 1.29 is 4.39 Å². The molecule has 0 unspecified atom stereocenters. The third-order valence-electron chi connectivity index (χ3n) is 1.80. The fourth-order valence-electron chi connectivity index (χ4n) is 1.07. The summed E-state index contributed by atoms with van der Waals surface area (Å²) in [5.74, 6) is -0.365. The van der Waals surface area contributed by atoms with E-state index in [0.717, 1.165) is 30.4 Å². The smallest absolute Gasteiger partial charge is 0.141 e. The van der Waals surface area contributed by atoms with Crippen LogP contribution in [-0.2, 0) is 6.54 Å². The van der Waals surface area contributed by atoms with Gasteiger partial charge >= 0.3 is 0 Å². The highest BCUT2D eigenvalue weighted by Crippen LogP contribution is 2.15. The van der Waals surface area contributed by atoms with E-state index in [0.29, 0.717) is 0 Å². The van der Waals surface area contributed by atoms with Crippen molar-refractivity contribution in [2.75, 3.05) is 11.9 Å². The largest absolute Gasteiger partial charge is 0.313 e. The Morgan fingerprint density at radius 3 is 2.86 bits per heavy atom. The highest BCUT2D eigenvalue weighted by Gasteiger charge is 1.99. The van der Waals surface area contributed by atoms with Crippen molar-refractivity contribution in [2.24, 2.45) is 0 Å². The van der Waals surface area contributed by atoms with E-state index in [1.165, 1.54) is 6.07 Å². The zero-order valence-electron chi connectivity index (χ0n) is 7.69. The number of rotatable bonds is 5. The van der Waals surface area contributed by atoms with Gasteiger partial charge in [-0.2, -0.15) is 0 Å². The van der Waals surface area contributed by atoms with Crippen LogP contribution in [0.15, 0.2) is 18.2 Å². The minimum absolute atomic E-state index is 0.185. The minimum Gasteiger partial charge on any atom is -0.313 e. The molecule has 1 nitrogen and oxygen atoms in total. The summed E-state index contributed by atoms with van der Waals surface area (Å²) in [7, 11) is 0. The topological polar surface area (TPSA) is 12.0 Å². The van der Waals surface area contributed by atoms with Gasteiger partial charge in [0.05, 0.1) is 5.02 Å². The second-order valence-electron chi connectivity index (χ2n) is 2.97. The number of benzene rings is 1. The summed E-state index contributed by atoms with van der Waals surface area (Å²) < 4.78 is 12.8. The van der Waals surface area contributed by atoms with E-state index in [2.05, 4.69) is 21.2 Å². The van der Waals surface area contributed by atoms with Gasteiger partial charge in [-0.1, -0.05) is 33.6 Å². The fraction of sp³-hybridized carbons (Fsp3) is 0.400. The molecular weight excluding hydrogens is 268 g/mol. The molecule has 78 valence electrons. The van der Waals surface area contributed by atoms with E-state index in [9.17, 15) is 4.39 Å². The van der Waals surface area contributed by atoms with Crippen molar-refractivity contribution in [3.8, 4) is 0 Å². The Morgan fingerprint density at radius 2 is 2.21 bits per heavy atom. The summed E-state index contributed by atoms with van der Waals surface area (Å²) in [4.78, 5) is 0. The third-order valence-corrected chi connectivity index (χ3v) is 2.65. The van der Waals surface area contributed by atoms with E-state index in [1.807, 2.05) is 0 Å². The average molecular weight is 281 g/mol. The molecule has 0 fully saturated rings. The summed E-state index contributed by atoms with van der Waals surface area (Å²) in [6.07, 6.45) is 1.08. The Balaban J connectivity index is 2.39. The number of nitrogens with one attached hydrogen (secondary N) is 1. The lowest BCUT2D eigenvalue weighted by Gasteiger charge is -2.04. The van der Waals surface area contributed by atoms with Crippen LogP contribution in [-0.4, -0.2) is 11.9 Å². The lowest BCUT2D eigenvalue weighted by atomic mass is 10.2. The first kappa shape index (κ1) is 12.0. The van der Waals surface area contributed by atoms with Gasteiger partial charge in [0.2, 0.25) is 0 Å². The average Bonchev–Trinajstić information content (AvgIpc) is 2.18. The molecular formula is C10H12BrClFN. The van der Waals surface area contributed by atoms with Crippen molar-refractivity contribution in [2.45, 2.75) is 13.0 Å². The second kappa shape index (κ2) is 6.38. The third kappa shape index (κ3) is 3.95. The number of alkyl halides is 1. The molecule has 1 aromatic rings. The molecule has 0 bridgehead atoms. The van der Waals surface area contributed by atoms with Crippen LogP contribution >= 0.6 is 27.5 Å². The van der Waals surface area contributed by atoms with E-state index in [1.54, 1.807) is 12.1 Å². The molecule has 0 radical (unpaired) electrons. The summed E-state index contributed by atoms with van der Waals surface area (Å²) in [5, 5.41) is 4.41. The van der Waals surface area contributed by atoms with Gasteiger partial charge < -0.3 is 5.32 Å². The van der Waals surface area contributed by atoms with E-state index in [4.69, 9.17) is 11.6 Å². The first-order valence-electron chi connectivity index (χ1n) is 4.44. The quantitative estimate of drug-likeness (QED) is 0.644. The van der Waals surface area contributed by atoms with Crippen molar-refractivity contribution in [3.63, 3.8) is 0 Å². The molecule has 1 aromatic carbocycles. The molecule has 0 aliphatic heterocycles. The molecule has 0 aromatic heterocycles. The molecule has 14 heavy (non-hydrogen) atoms. The van der Waals surface area contributed by atoms with Gasteiger partial charge in [-0.25, -0.2) is 4.39 Å². The summed E-state index contributed by atoms with van der Waals surface area (Å²) >= 11 is 8.99. The Kier molecular flexibility index (Phi) is 5.45. The van der Waals surface area contributed by atoms with Crippen LogP contribution in [0.5, 0.6) is 0 Å². The van der Waals surface area contributed by atoms with Crippen molar-refractivity contribution in [1.82, 2.24) is 5.32 Å². The maximum Gasteiger partial charge on any atom is 0.141 e. The monoisotopic (exact) mass is 279 g/mol. The Labute approximate surface area is 96.8 Å². The first-order chi connectivity index (χ1) is 6.74. The fourth-order valence-corrected chi connectivity index (χ4v) is 1.56. The second-order valence-corrected chi connectivity index (χ2v) is 4.17. The summed E-state index contributed by atoms with van der Waals surface area (Å²) in [5.41, 5.74) is 1.01. The van der Waals surface area contributed by atoms with Gasteiger partial charge in [0, 0.05) is 11.9 Å². The Morgan fingerprint density at radius 1 is 1.43 bits per heavy atom. The predicted octanol–water partition coefficient (Wildman–Crippen LogP) is 3.35. The van der Waals surface area contributed by atoms with Crippen LogP contribution in [0.2, 0.25) is 5.02 Å². The normalized spacial score (nSPS) is 10.5. The van der Waals surface area contributed by atoms with Gasteiger partial charge in [0.1, 0.15) is 5.82 Å². The van der Waals surface area contributed by atoms with Gasteiger partial charge in [-0.15, -0.1) is 0 Å². The van der Waals surface area contributed by atoms with Crippen LogP contribution in [0.4, 0.5) is 4.39 Å². The Bertz CT molecular complexity index is 293. The van der Waals surface area contributed by atoms with E-state index < -0.39 is 0 Å². The molecule has 1 N–H and O–H groups in total. The maximum absolute atomic E-state index is 12.8. The standard InChI is InChI=1S/C10H12BrClFN/c11-4-1-5-14-7-8-2-3-10(13)9(12)6-8/h2-3,6,14H,1,4-5,7H2. The number of hydrogen-bond donors (Lipinski definition) is 1. The van der Waals surface area contributed by atoms with Crippen LogP contribution in [0.3, 0.4) is 0 Å². The molecule has 0 amide bonds. The number of hydrogen-bond acceptors (Lipinski definition) is 1. The molecule has 1 rings (SSSR count). The molecule has 4 heteroatoms. The molecule has 0 spiro atoms. The summed E-state index contributed by atoms with van der Waals surface area (Å²) in [6.45, 7) is 1.67. The molecule has 0 saturated carbocycles. The summed E-state index contributed by atoms with van der Waals surface area (Å²) in [6, 6.07) is 4.78. The molecule has 0 aliphatic carbocycles. The highest BCUT2D eigenvalue weighted by atomic mass is 79.9. The number of halogens is 3. The van der Waals surface area contributed by atoms with Gasteiger partial charge in [-0.05, 0) is 30.7 Å². The SMILES string of the molecule is Fc1ccc(CNCCCBr)cc1Cl. The molecule has 0 aliphatic rings. The van der Waals surface area contributed by atoms with Crippen molar-refractivity contribution in [1.29, 1.82) is 0 Å². The van der Waals surface area contributed by atoms with Crippen molar-refractivity contribution >= 4 is 27.5 Å². The predicted molar refractivity (Wildman–Crippen MR) is 61.5 cm³/mol. The van der Waals surface area contributed by atoms with Crippen LogP contribution < -0.4 is 5.32 Å². The van der Waals surface area contributed by atoms with Gasteiger partial charge in [-0.3, -0.25) is 0 Å². The molecule has 0 saturated heterocycles. The lowest BCUT2D eigenvalue weighted by Crippen LogP contribution is -2.14.